The number of rotatable bonds is 8. The fraction of sp³-hybridized carbons (Fsp3) is 0.429. The Bertz CT molecular complexity index is 580. The Hall–Kier alpha value is -1.92. The number of carboxylic acids is 1. The molecule has 0 atom stereocenters. The van der Waals surface area contributed by atoms with Crippen molar-refractivity contribution in [3.05, 3.63) is 30.1 Å². The summed E-state index contributed by atoms with van der Waals surface area (Å²) in [5.41, 5.74) is 1.91. The standard InChI is InChI=1S/C14H18N2O4/c1-19-7-8-20-6-2-5-16-10-15-12-4-3-11(14(17)18)9-13(12)16/h3-4,9-10H,2,5-8H2,1H3,(H,17,18). The summed E-state index contributed by atoms with van der Waals surface area (Å²) in [6, 6.07) is 4.94. The number of ether oxygens (including phenoxy) is 2. The van der Waals surface area contributed by atoms with Gasteiger partial charge in [0.15, 0.2) is 0 Å². The van der Waals surface area contributed by atoms with Crippen molar-refractivity contribution < 1.29 is 19.4 Å². The van der Waals surface area contributed by atoms with Gasteiger partial charge in [-0.3, -0.25) is 0 Å². The highest BCUT2D eigenvalue weighted by atomic mass is 16.5. The summed E-state index contributed by atoms with van der Waals surface area (Å²) < 4.78 is 12.2. The summed E-state index contributed by atoms with van der Waals surface area (Å²) in [7, 11) is 1.64. The van der Waals surface area contributed by atoms with Crippen LogP contribution < -0.4 is 0 Å². The van der Waals surface area contributed by atoms with Gasteiger partial charge in [-0.25, -0.2) is 9.78 Å². The first-order chi connectivity index (χ1) is 9.72. The number of hydrogen-bond donors (Lipinski definition) is 1. The molecule has 0 saturated carbocycles. The molecule has 0 unspecified atom stereocenters. The van der Waals surface area contributed by atoms with Crippen molar-refractivity contribution in [1.29, 1.82) is 0 Å². The van der Waals surface area contributed by atoms with Crippen LogP contribution in [0.2, 0.25) is 0 Å². The first-order valence-corrected chi connectivity index (χ1v) is 6.47. The van der Waals surface area contributed by atoms with Crippen LogP contribution in [0.4, 0.5) is 0 Å². The van der Waals surface area contributed by atoms with E-state index in [4.69, 9.17) is 14.6 Å². The first-order valence-electron chi connectivity index (χ1n) is 6.47. The number of methoxy groups -OCH3 is 1. The van der Waals surface area contributed by atoms with Crippen LogP contribution in [0.5, 0.6) is 0 Å². The van der Waals surface area contributed by atoms with Crippen LogP contribution in [0.15, 0.2) is 24.5 Å². The predicted molar refractivity (Wildman–Crippen MR) is 74.0 cm³/mol. The molecule has 0 aliphatic carbocycles. The number of hydrogen-bond acceptors (Lipinski definition) is 4. The van der Waals surface area contributed by atoms with Gasteiger partial charge in [-0.15, -0.1) is 0 Å². The zero-order valence-corrected chi connectivity index (χ0v) is 11.4. The monoisotopic (exact) mass is 278 g/mol. The molecule has 2 rings (SSSR count). The van der Waals surface area contributed by atoms with Crippen LogP contribution in [0.25, 0.3) is 11.0 Å². The number of aromatic carboxylic acids is 1. The second kappa shape index (κ2) is 7.02. The van der Waals surface area contributed by atoms with Gasteiger partial charge in [0, 0.05) is 20.3 Å². The van der Waals surface area contributed by atoms with Crippen molar-refractivity contribution >= 4 is 17.0 Å². The van der Waals surface area contributed by atoms with E-state index in [1.807, 2.05) is 4.57 Å². The molecular weight excluding hydrogens is 260 g/mol. The number of benzene rings is 1. The molecule has 0 bridgehead atoms. The molecule has 108 valence electrons. The molecule has 0 aliphatic heterocycles. The third-order valence-corrected chi connectivity index (χ3v) is 2.99. The first kappa shape index (κ1) is 14.5. The van der Waals surface area contributed by atoms with Crippen molar-refractivity contribution in [2.24, 2.45) is 0 Å². The maximum Gasteiger partial charge on any atom is 0.335 e. The van der Waals surface area contributed by atoms with Crippen LogP contribution in [0.1, 0.15) is 16.8 Å². The zero-order chi connectivity index (χ0) is 14.4. The van der Waals surface area contributed by atoms with Gasteiger partial charge in [0.05, 0.1) is 36.1 Å². The highest BCUT2D eigenvalue weighted by molar-refractivity contribution is 5.92. The van der Waals surface area contributed by atoms with Gasteiger partial charge in [0.1, 0.15) is 0 Å². The minimum atomic E-state index is -0.928. The maximum atomic E-state index is 11.0. The summed E-state index contributed by atoms with van der Waals surface area (Å²) in [6.07, 6.45) is 2.57. The molecule has 6 heteroatoms. The van der Waals surface area contributed by atoms with E-state index >= 15 is 0 Å². The van der Waals surface area contributed by atoms with Crippen molar-refractivity contribution in [1.82, 2.24) is 9.55 Å². The summed E-state index contributed by atoms with van der Waals surface area (Å²) in [5.74, 6) is -0.928. The number of carbonyl (C=O) groups is 1. The van der Waals surface area contributed by atoms with Crippen molar-refractivity contribution in [3.63, 3.8) is 0 Å². The molecule has 0 aliphatic rings. The van der Waals surface area contributed by atoms with E-state index in [2.05, 4.69) is 4.98 Å². The number of aromatic nitrogens is 2. The molecule has 20 heavy (non-hydrogen) atoms. The Morgan fingerprint density at radius 2 is 2.20 bits per heavy atom. The molecule has 1 aromatic heterocycles. The van der Waals surface area contributed by atoms with E-state index < -0.39 is 5.97 Å². The number of nitrogens with zero attached hydrogens (tertiary/aromatic N) is 2. The Kier molecular flexibility index (Phi) is 5.09. The van der Waals surface area contributed by atoms with E-state index in [1.54, 1.807) is 31.6 Å². The summed E-state index contributed by atoms with van der Waals surface area (Å²) in [6.45, 7) is 2.56. The smallest absolute Gasteiger partial charge is 0.335 e. The van der Waals surface area contributed by atoms with Crippen LogP contribution in [0, 0.1) is 0 Å². The lowest BCUT2D eigenvalue weighted by Gasteiger charge is -2.06. The molecule has 2 aromatic rings. The topological polar surface area (TPSA) is 73.6 Å². The lowest BCUT2D eigenvalue weighted by molar-refractivity contribution is 0.0681. The quantitative estimate of drug-likeness (QED) is 0.745. The molecule has 0 radical (unpaired) electrons. The van der Waals surface area contributed by atoms with Gasteiger partial charge >= 0.3 is 5.97 Å². The highest BCUT2D eigenvalue weighted by Crippen LogP contribution is 2.15. The molecule has 6 nitrogen and oxygen atoms in total. The Morgan fingerprint density at radius 1 is 1.35 bits per heavy atom. The third kappa shape index (κ3) is 3.55. The van der Waals surface area contributed by atoms with Gasteiger partial charge in [-0.2, -0.15) is 0 Å². The highest BCUT2D eigenvalue weighted by Gasteiger charge is 2.07. The molecular formula is C14H18N2O4. The third-order valence-electron chi connectivity index (χ3n) is 2.99. The van der Waals surface area contributed by atoms with Crippen LogP contribution in [0.3, 0.4) is 0 Å². The normalized spacial score (nSPS) is 11.1. The summed E-state index contributed by atoms with van der Waals surface area (Å²) >= 11 is 0. The summed E-state index contributed by atoms with van der Waals surface area (Å²) in [5, 5.41) is 9.01. The van der Waals surface area contributed by atoms with Gasteiger partial charge in [-0.05, 0) is 24.6 Å². The molecule has 0 amide bonds. The van der Waals surface area contributed by atoms with Crippen molar-refractivity contribution in [2.45, 2.75) is 13.0 Å². The number of aryl methyl sites for hydroxylation is 1. The fourth-order valence-corrected chi connectivity index (χ4v) is 1.95. The van der Waals surface area contributed by atoms with E-state index in [1.165, 1.54) is 0 Å². The number of imidazole rings is 1. The second-order valence-electron chi connectivity index (χ2n) is 4.41. The SMILES string of the molecule is COCCOCCCn1cnc2ccc(C(=O)O)cc21. The maximum absolute atomic E-state index is 11.0. The van der Waals surface area contributed by atoms with Crippen LogP contribution >= 0.6 is 0 Å². The van der Waals surface area contributed by atoms with Crippen LogP contribution in [-0.4, -0.2) is 47.6 Å². The number of fused-ring (bicyclic) bond motifs is 1. The lowest BCUT2D eigenvalue weighted by Crippen LogP contribution is -2.06. The van der Waals surface area contributed by atoms with E-state index in [0.29, 0.717) is 19.8 Å². The average Bonchev–Trinajstić information content (AvgIpc) is 2.85. The average molecular weight is 278 g/mol. The van der Waals surface area contributed by atoms with Crippen LogP contribution in [-0.2, 0) is 16.0 Å². The van der Waals surface area contributed by atoms with Crippen molar-refractivity contribution in [2.75, 3.05) is 26.9 Å². The molecule has 0 fully saturated rings. The minimum Gasteiger partial charge on any atom is -0.478 e. The van der Waals surface area contributed by atoms with Gasteiger partial charge in [0.2, 0.25) is 0 Å². The Labute approximate surface area is 116 Å². The molecule has 0 saturated heterocycles. The van der Waals surface area contributed by atoms with E-state index in [0.717, 1.165) is 24.0 Å². The predicted octanol–water partition coefficient (Wildman–Crippen LogP) is 1.79. The molecule has 0 spiro atoms. The minimum absolute atomic E-state index is 0.274. The Morgan fingerprint density at radius 3 is 2.95 bits per heavy atom. The largest absolute Gasteiger partial charge is 0.478 e. The summed E-state index contributed by atoms with van der Waals surface area (Å²) in [4.78, 5) is 15.2. The zero-order valence-electron chi connectivity index (χ0n) is 11.4. The lowest BCUT2D eigenvalue weighted by atomic mass is 10.2. The number of carboxylic acid groups (broad SMARTS) is 1. The fourth-order valence-electron chi connectivity index (χ4n) is 1.95. The van der Waals surface area contributed by atoms with Gasteiger partial charge in [-0.1, -0.05) is 0 Å². The van der Waals surface area contributed by atoms with Gasteiger partial charge in [0.25, 0.3) is 0 Å². The molecule has 1 N–H and O–H groups in total. The molecule has 1 heterocycles. The molecule has 1 aromatic carbocycles. The van der Waals surface area contributed by atoms with E-state index in [-0.39, 0.29) is 5.56 Å². The Balaban J connectivity index is 1.96. The van der Waals surface area contributed by atoms with Gasteiger partial charge < -0.3 is 19.1 Å². The second-order valence-corrected chi connectivity index (χ2v) is 4.41. The van der Waals surface area contributed by atoms with Crippen molar-refractivity contribution in [3.8, 4) is 0 Å². The van der Waals surface area contributed by atoms with E-state index in [9.17, 15) is 4.79 Å².